The molecule has 1 saturated heterocycles. The minimum Gasteiger partial charge on any atom is -0.383 e. The highest BCUT2D eigenvalue weighted by atomic mass is 31.3. The minimum absolute atomic E-state index is 0.285. The van der Waals surface area contributed by atoms with E-state index in [0.29, 0.717) is 4.57 Å². The Kier molecular flexibility index (Phi) is 6.35. The van der Waals surface area contributed by atoms with Crippen molar-refractivity contribution in [1.82, 2.24) is 9.55 Å². The molecule has 1 saturated carbocycles. The number of alkyl halides is 2. The molecule has 0 bridgehead atoms. The number of anilines is 1. The van der Waals surface area contributed by atoms with Crippen molar-refractivity contribution in [3.63, 3.8) is 0 Å². The van der Waals surface area contributed by atoms with E-state index in [1.807, 2.05) is 0 Å². The molecule has 1 aliphatic carbocycles. The van der Waals surface area contributed by atoms with E-state index in [9.17, 15) is 42.4 Å². The van der Waals surface area contributed by atoms with Gasteiger partial charge in [-0.05, 0) is 6.07 Å². The molecular formula is C11H16F2N3O14P3. The van der Waals surface area contributed by atoms with Gasteiger partial charge in [0.25, 0.3) is 0 Å². The quantitative estimate of drug-likeness (QED) is 0.169. The van der Waals surface area contributed by atoms with E-state index >= 15 is 0 Å². The summed E-state index contributed by atoms with van der Waals surface area (Å²) in [6.07, 6.45) is -3.95. The molecule has 22 heteroatoms. The number of aromatic nitrogens is 2. The summed E-state index contributed by atoms with van der Waals surface area (Å²) in [5.41, 5.74) is -5.02. The highest BCUT2D eigenvalue weighted by molar-refractivity contribution is 7.66. The second-order valence-corrected chi connectivity index (χ2v) is 11.4. The van der Waals surface area contributed by atoms with E-state index in [2.05, 4.69) is 18.1 Å². The van der Waals surface area contributed by atoms with Crippen LogP contribution in [0.4, 0.5) is 14.6 Å². The van der Waals surface area contributed by atoms with Crippen molar-refractivity contribution in [2.45, 2.75) is 29.2 Å². The van der Waals surface area contributed by atoms with E-state index < -0.39 is 71.6 Å². The Labute approximate surface area is 180 Å². The molecule has 3 unspecified atom stereocenters. The summed E-state index contributed by atoms with van der Waals surface area (Å²) in [5.74, 6) is -0.285. The van der Waals surface area contributed by atoms with Gasteiger partial charge in [0.2, 0.25) is 0 Å². The van der Waals surface area contributed by atoms with Crippen molar-refractivity contribution in [2.75, 3.05) is 19.0 Å². The first-order chi connectivity index (χ1) is 14.8. The van der Waals surface area contributed by atoms with E-state index in [1.54, 1.807) is 0 Å². The van der Waals surface area contributed by atoms with E-state index in [0.717, 1.165) is 12.3 Å². The van der Waals surface area contributed by atoms with Gasteiger partial charge in [-0.1, -0.05) is 0 Å². The van der Waals surface area contributed by atoms with Gasteiger partial charge in [0, 0.05) is 6.20 Å². The molecule has 8 N–H and O–H groups in total. The first-order valence-corrected chi connectivity index (χ1v) is 12.8. The number of halogens is 2. The topological polar surface area (TPSA) is 270 Å². The van der Waals surface area contributed by atoms with Gasteiger partial charge >= 0.3 is 29.2 Å². The van der Waals surface area contributed by atoms with Gasteiger partial charge < -0.3 is 40.3 Å². The Balaban J connectivity index is 1.86. The molecule has 0 spiro atoms. The summed E-state index contributed by atoms with van der Waals surface area (Å²) in [7, 11) is -17.4. The van der Waals surface area contributed by atoms with Gasteiger partial charge in [-0.25, -0.2) is 27.3 Å². The smallest absolute Gasteiger partial charge is 0.383 e. The molecule has 0 radical (unpaired) electrons. The Bertz CT molecular complexity index is 1160. The summed E-state index contributed by atoms with van der Waals surface area (Å²) in [4.78, 5) is 51.0. The summed E-state index contributed by atoms with van der Waals surface area (Å²) in [5, 5.41) is 21.2. The molecule has 1 aromatic heterocycles. The van der Waals surface area contributed by atoms with Gasteiger partial charge in [0.15, 0.2) is 29.2 Å². The fraction of sp³-hybridized carbons (Fsp3) is 0.636. The van der Waals surface area contributed by atoms with Crippen molar-refractivity contribution < 1.29 is 70.1 Å². The standard InChI is InChI=1S/C11H16F2N3O14P3/c12-3-9(18)7(16-2-1-5(14)15-8(16)17)28-10(6(13)11(9,10)19)4-27-32(23,24)30-33(25,26)29-31(20,21)22/h1-2,6-7,18-19H,3-4H2,(H,23,24)(H,25,26)(H2,14,15,17)(H2,20,21,22)/t6?,7-,9+,10+,11+/m1/s1. The number of hydrogen-bond donors (Lipinski definition) is 7. The summed E-state index contributed by atoms with van der Waals surface area (Å²) in [6, 6.07) is 1.02. The Hall–Kier alpha value is -1.17. The number of nitrogen functional groups attached to an aromatic ring is 1. The second kappa shape index (κ2) is 7.93. The van der Waals surface area contributed by atoms with Crippen LogP contribution in [0.1, 0.15) is 6.23 Å². The van der Waals surface area contributed by atoms with Gasteiger partial charge in [0.05, 0.1) is 6.61 Å². The molecule has 3 rings (SSSR count). The SMILES string of the molecule is Nc1ccn([C@@H]2O[C@@]3(COP(=O)(O)OP(=O)(O)OP(=O)(O)O)C(F)[C@]3(O)[C@]2(O)CF)c(=O)n1. The fourth-order valence-electron chi connectivity index (χ4n) is 3.42. The largest absolute Gasteiger partial charge is 0.490 e. The lowest BCUT2D eigenvalue weighted by atomic mass is 9.93. The van der Waals surface area contributed by atoms with Crippen LogP contribution >= 0.6 is 23.5 Å². The van der Waals surface area contributed by atoms with Gasteiger partial charge in [-0.2, -0.15) is 13.6 Å². The van der Waals surface area contributed by atoms with E-state index in [-0.39, 0.29) is 5.82 Å². The average molecular weight is 545 g/mol. The molecule has 7 atom stereocenters. The maximum atomic E-state index is 14.6. The van der Waals surface area contributed by atoms with Crippen molar-refractivity contribution >= 4 is 29.3 Å². The molecular weight excluding hydrogens is 529 g/mol. The maximum absolute atomic E-state index is 14.6. The summed E-state index contributed by atoms with van der Waals surface area (Å²) >= 11 is 0. The first-order valence-electron chi connectivity index (χ1n) is 8.30. The number of fused-ring (bicyclic) bond motifs is 1. The molecule has 2 heterocycles. The molecule has 33 heavy (non-hydrogen) atoms. The fourth-order valence-corrected chi connectivity index (χ4v) is 6.47. The highest BCUT2D eigenvalue weighted by Gasteiger charge is 2.94. The Morgan fingerprint density at radius 1 is 1.18 bits per heavy atom. The van der Waals surface area contributed by atoms with Gasteiger partial charge in [-0.15, -0.1) is 0 Å². The van der Waals surface area contributed by atoms with Crippen LogP contribution in [0.2, 0.25) is 0 Å². The van der Waals surface area contributed by atoms with Crippen LogP contribution in [0.25, 0.3) is 0 Å². The van der Waals surface area contributed by atoms with Crippen LogP contribution in [0.5, 0.6) is 0 Å². The zero-order valence-corrected chi connectivity index (χ0v) is 18.4. The zero-order chi connectivity index (χ0) is 25.3. The van der Waals surface area contributed by atoms with Crippen LogP contribution < -0.4 is 11.4 Å². The Morgan fingerprint density at radius 3 is 2.30 bits per heavy atom. The minimum atomic E-state index is -5.91. The maximum Gasteiger partial charge on any atom is 0.490 e. The number of nitrogens with two attached hydrogens (primary N) is 1. The highest BCUT2D eigenvalue weighted by Crippen LogP contribution is 2.71. The zero-order valence-electron chi connectivity index (χ0n) is 15.7. The predicted octanol–water partition coefficient (Wildman–Crippen LogP) is -1.78. The average Bonchev–Trinajstić information content (AvgIpc) is 3.01. The molecule has 2 fully saturated rings. The molecule has 17 nitrogen and oxygen atoms in total. The molecule has 1 aliphatic heterocycles. The Morgan fingerprint density at radius 2 is 1.79 bits per heavy atom. The number of ether oxygens (including phenoxy) is 1. The van der Waals surface area contributed by atoms with Crippen LogP contribution in [0, 0.1) is 0 Å². The first kappa shape index (κ1) is 26.4. The molecule has 2 aliphatic rings. The van der Waals surface area contributed by atoms with Crippen molar-refractivity contribution in [3.05, 3.63) is 22.7 Å². The number of aliphatic hydroxyl groups is 2. The van der Waals surface area contributed by atoms with Crippen LogP contribution in [0.3, 0.4) is 0 Å². The summed E-state index contributed by atoms with van der Waals surface area (Å²) in [6.45, 7) is -3.45. The third-order valence-electron chi connectivity index (χ3n) is 4.89. The van der Waals surface area contributed by atoms with Crippen LogP contribution in [-0.2, 0) is 31.6 Å². The number of phosphoric ester groups is 1. The van der Waals surface area contributed by atoms with Crippen LogP contribution in [-0.4, -0.2) is 75.6 Å². The van der Waals surface area contributed by atoms with E-state index in [1.165, 1.54) is 0 Å². The van der Waals surface area contributed by atoms with E-state index in [4.69, 9.17) is 25.2 Å². The monoisotopic (exact) mass is 545 g/mol. The molecule has 188 valence electrons. The van der Waals surface area contributed by atoms with Gasteiger partial charge in [0.1, 0.15) is 12.5 Å². The summed E-state index contributed by atoms with van der Waals surface area (Å²) < 4.78 is 79.1. The van der Waals surface area contributed by atoms with Crippen molar-refractivity contribution in [3.8, 4) is 0 Å². The lowest BCUT2D eigenvalue weighted by Gasteiger charge is -2.32. The van der Waals surface area contributed by atoms with Gasteiger partial charge in [-0.3, -0.25) is 9.09 Å². The molecule has 1 aromatic rings. The molecule has 0 amide bonds. The van der Waals surface area contributed by atoms with Crippen molar-refractivity contribution in [2.24, 2.45) is 0 Å². The van der Waals surface area contributed by atoms with Crippen LogP contribution in [0.15, 0.2) is 17.1 Å². The third kappa shape index (κ3) is 4.34. The van der Waals surface area contributed by atoms with Crippen molar-refractivity contribution in [1.29, 1.82) is 0 Å². The predicted molar refractivity (Wildman–Crippen MR) is 96.3 cm³/mol. The number of rotatable bonds is 9. The lowest BCUT2D eigenvalue weighted by molar-refractivity contribution is -0.176. The normalized spacial score (nSPS) is 37.2. The number of hydrogen-bond acceptors (Lipinski definition) is 12. The third-order valence-corrected chi connectivity index (χ3v) is 8.68. The lowest BCUT2D eigenvalue weighted by Crippen LogP contribution is -2.54. The number of phosphoric acid groups is 3. The molecule has 0 aromatic carbocycles. The second-order valence-electron chi connectivity index (χ2n) is 6.95. The number of nitrogens with zero attached hydrogens (tertiary/aromatic N) is 2.